The average molecular weight is 819 g/mol. The van der Waals surface area contributed by atoms with Gasteiger partial charge in [-0.05, 0) is 44.9 Å². The van der Waals surface area contributed by atoms with Gasteiger partial charge in [-0.15, -0.1) is 0 Å². The van der Waals surface area contributed by atoms with Crippen molar-refractivity contribution < 1.29 is 28.6 Å². The average Bonchev–Trinajstić information content (AvgIpc) is 3.22. The Kier molecular flexibility index (Phi) is 46.3. The first-order valence-electron chi connectivity index (χ1n) is 25.7. The summed E-state index contributed by atoms with van der Waals surface area (Å²) >= 11 is 0. The Hall–Kier alpha value is -1.85. The molecule has 1 atom stereocenters. The third-order valence-electron chi connectivity index (χ3n) is 11.5. The van der Waals surface area contributed by atoms with Crippen molar-refractivity contribution in [2.45, 2.75) is 290 Å². The quantitative estimate of drug-likeness (QED) is 0.0263. The summed E-state index contributed by atoms with van der Waals surface area (Å²) in [5.41, 5.74) is 0. The molecule has 0 aromatic heterocycles. The van der Waals surface area contributed by atoms with Gasteiger partial charge in [0.15, 0.2) is 6.10 Å². The summed E-state index contributed by atoms with van der Waals surface area (Å²) in [5, 5.41) is 0. The van der Waals surface area contributed by atoms with Gasteiger partial charge in [-0.25, -0.2) is 0 Å². The van der Waals surface area contributed by atoms with Crippen LogP contribution in [0.5, 0.6) is 0 Å². The fourth-order valence-corrected chi connectivity index (χ4v) is 7.61. The molecule has 0 saturated carbocycles. The Morgan fingerprint density at radius 2 is 0.569 bits per heavy atom. The van der Waals surface area contributed by atoms with Crippen molar-refractivity contribution in [3.63, 3.8) is 0 Å². The van der Waals surface area contributed by atoms with Gasteiger partial charge in [0.25, 0.3) is 0 Å². The molecule has 0 heterocycles. The van der Waals surface area contributed by atoms with Gasteiger partial charge in [-0.1, -0.05) is 232 Å². The van der Waals surface area contributed by atoms with E-state index < -0.39 is 6.10 Å². The van der Waals surface area contributed by atoms with Crippen molar-refractivity contribution in [3.05, 3.63) is 12.2 Å². The Bertz CT molecular complexity index is 900. The predicted octanol–water partition coefficient (Wildman–Crippen LogP) is 16.6. The van der Waals surface area contributed by atoms with Crippen molar-refractivity contribution in [3.8, 4) is 0 Å². The number of allylic oxidation sites excluding steroid dienone is 2. The Morgan fingerprint density at radius 3 is 0.879 bits per heavy atom. The van der Waals surface area contributed by atoms with Crippen LogP contribution < -0.4 is 0 Å². The second-order valence-corrected chi connectivity index (χ2v) is 17.4. The fraction of sp³-hybridized carbons (Fsp3) is 0.904. The van der Waals surface area contributed by atoms with E-state index in [9.17, 15) is 14.4 Å². The molecule has 6 nitrogen and oxygen atoms in total. The molecule has 0 aliphatic rings. The van der Waals surface area contributed by atoms with Gasteiger partial charge in [0.1, 0.15) is 13.2 Å². The van der Waals surface area contributed by atoms with Gasteiger partial charge in [-0.2, -0.15) is 0 Å². The minimum atomic E-state index is -0.770. The summed E-state index contributed by atoms with van der Waals surface area (Å²) in [5.74, 6) is -0.872. The first-order valence-corrected chi connectivity index (χ1v) is 25.7. The van der Waals surface area contributed by atoms with Crippen LogP contribution >= 0.6 is 0 Å². The molecule has 0 N–H and O–H groups in total. The minimum Gasteiger partial charge on any atom is -0.462 e. The smallest absolute Gasteiger partial charge is 0.306 e. The van der Waals surface area contributed by atoms with E-state index in [2.05, 4.69) is 32.9 Å². The van der Waals surface area contributed by atoms with Crippen molar-refractivity contribution in [1.82, 2.24) is 0 Å². The van der Waals surface area contributed by atoms with E-state index in [0.29, 0.717) is 19.3 Å². The number of hydrogen-bond donors (Lipinski definition) is 0. The van der Waals surface area contributed by atoms with Crippen molar-refractivity contribution >= 4 is 17.9 Å². The van der Waals surface area contributed by atoms with Crippen LogP contribution in [0.3, 0.4) is 0 Å². The maximum Gasteiger partial charge on any atom is 0.306 e. The van der Waals surface area contributed by atoms with Gasteiger partial charge < -0.3 is 14.2 Å². The lowest BCUT2D eigenvalue weighted by Gasteiger charge is -2.18. The molecule has 58 heavy (non-hydrogen) atoms. The number of unbranched alkanes of at least 4 members (excludes halogenated alkanes) is 34. The molecule has 0 radical (unpaired) electrons. The van der Waals surface area contributed by atoms with Gasteiger partial charge in [0.05, 0.1) is 0 Å². The van der Waals surface area contributed by atoms with E-state index in [-0.39, 0.29) is 31.1 Å². The van der Waals surface area contributed by atoms with Crippen LogP contribution in [0, 0.1) is 0 Å². The molecule has 342 valence electrons. The molecule has 6 heteroatoms. The number of hydrogen-bond acceptors (Lipinski definition) is 6. The molecular formula is C52H98O6. The third-order valence-corrected chi connectivity index (χ3v) is 11.5. The normalized spacial score (nSPS) is 12.0. The molecule has 0 aromatic rings. The summed E-state index contributed by atoms with van der Waals surface area (Å²) < 4.78 is 16.8. The van der Waals surface area contributed by atoms with Crippen LogP contribution in [0.2, 0.25) is 0 Å². The lowest BCUT2D eigenvalue weighted by Crippen LogP contribution is -2.30. The molecule has 0 fully saturated rings. The number of carbonyl (C=O) groups excluding carboxylic acids is 3. The number of esters is 3. The van der Waals surface area contributed by atoms with E-state index >= 15 is 0 Å². The third kappa shape index (κ3) is 45.2. The second-order valence-electron chi connectivity index (χ2n) is 17.4. The predicted molar refractivity (Wildman–Crippen MR) is 247 cm³/mol. The first kappa shape index (κ1) is 56.1. The molecule has 0 aromatic carbocycles. The number of ether oxygens (including phenoxy) is 3. The van der Waals surface area contributed by atoms with Crippen LogP contribution in [0.4, 0.5) is 0 Å². The van der Waals surface area contributed by atoms with Gasteiger partial charge in [0, 0.05) is 19.3 Å². The van der Waals surface area contributed by atoms with Crippen LogP contribution in [-0.4, -0.2) is 37.2 Å². The van der Waals surface area contributed by atoms with Crippen LogP contribution in [0.25, 0.3) is 0 Å². The standard InChI is InChI=1S/C52H98O6/c1-4-7-10-13-16-19-22-24-26-28-30-33-36-39-42-45-51(54)57-48-49(47-56-50(53)44-41-38-35-32-29-21-18-15-12-9-6-3)58-52(55)46-43-40-37-34-31-27-25-23-20-17-14-11-8-5-2/h27,31,49H,4-26,28-30,32-48H2,1-3H3/b31-27-. The highest BCUT2D eigenvalue weighted by Gasteiger charge is 2.19. The zero-order valence-corrected chi connectivity index (χ0v) is 39.1. The highest BCUT2D eigenvalue weighted by Crippen LogP contribution is 2.16. The van der Waals surface area contributed by atoms with Crippen molar-refractivity contribution in [2.75, 3.05) is 13.2 Å². The van der Waals surface area contributed by atoms with Crippen LogP contribution in [0.1, 0.15) is 284 Å². The SMILES string of the molecule is CCCCCCCCC/C=C\CCCCCC(=O)OC(COC(=O)CCCCCCCCCCCCC)COC(=O)CCCCCCCCCCCCCCCCC. The molecule has 0 rings (SSSR count). The maximum absolute atomic E-state index is 12.8. The Balaban J connectivity index is 4.33. The van der Waals surface area contributed by atoms with Gasteiger partial charge in [-0.3, -0.25) is 14.4 Å². The number of carbonyl (C=O) groups is 3. The van der Waals surface area contributed by atoms with E-state index in [4.69, 9.17) is 14.2 Å². The molecule has 0 spiro atoms. The summed E-state index contributed by atoms with van der Waals surface area (Å²) in [6, 6.07) is 0. The molecule has 0 bridgehead atoms. The molecule has 0 saturated heterocycles. The second kappa shape index (κ2) is 47.8. The summed E-state index contributed by atoms with van der Waals surface area (Å²) in [7, 11) is 0. The van der Waals surface area contributed by atoms with Crippen LogP contribution in [-0.2, 0) is 28.6 Å². The molecule has 0 aliphatic carbocycles. The lowest BCUT2D eigenvalue weighted by atomic mass is 10.0. The van der Waals surface area contributed by atoms with Crippen molar-refractivity contribution in [2.24, 2.45) is 0 Å². The van der Waals surface area contributed by atoms with E-state index in [1.807, 2.05) is 0 Å². The monoisotopic (exact) mass is 819 g/mol. The fourth-order valence-electron chi connectivity index (χ4n) is 7.61. The molecule has 0 amide bonds. The maximum atomic E-state index is 12.8. The summed E-state index contributed by atoms with van der Waals surface area (Å²) in [4.78, 5) is 37.9. The van der Waals surface area contributed by atoms with E-state index in [0.717, 1.165) is 70.6 Å². The lowest BCUT2D eigenvalue weighted by molar-refractivity contribution is -0.167. The van der Waals surface area contributed by atoms with Crippen molar-refractivity contribution in [1.29, 1.82) is 0 Å². The van der Waals surface area contributed by atoms with Gasteiger partial charge >= 0.3 is 17.9 Å². The Morgan fingerprint density at radius 1 is 0.328 bits per heavy atom. The topological polar surface area (TPSA) is 78.9 Å². The zero-order valence-electron chi connectivity index (χ0n) is 39.1. The highest BCUT2D eigenvalue weighted by atomic mass is 16.6. The highest BCUT2D eigenvalue weighted by molar-refractivity contribution is 5.71. The minimum absolute atomic E-state index is 0.0709. The molecular weight excluding hydrogens is 721 g/mol. The van der Waals surface area contributed by atoms with E-state index in [1.54, 1.807) is 0 Å². The molecule has 0 aliphatic heterocycles. The van der Waals surface area contributed by atoms with E-state index in [1.165, 1.54) is 173 Å². The summed E-state index contributed by atoms with van der Waals surface area (Å²) in [6.07, 6.45) is 51.9. The van der Waals surface area contributed by atoms with Crippen LogP contribution in [0.15, 0.2) is 12.2 Å². The Labute approximate surface area is 360 Å². The number of rotatable bonds is 47. The zero-order chi connectivity index (χ0) is 42.3. The van der Waals surface area contributed by atoms with Gasteiger partial charge in [0.2, 0.25) is 0 Å². The summed E-state index contributed by atoms with van der Waals surface area (Å²) in [6.45, 7) is 6.65. The largest absolute Gasteiger partial charge is 0.462 e. The molecule has 1 unspecified atom stereocenters. The first-order chi connectivity index (χ1) is 28.5.